The van der Waals surface area contributed by atoms with E-state index in [4.69, 9.17) is 5.84 Å². The predicted octanol–water partition coefficient (Wildman–Crippen LogP) is 2.01. The molecule has 1 saturated heterocycles. The van der Waals surface area contributed by atoms with E-state index in [2.05, 4.69) is 22.5 Å². The standard InChI is InChI=1S/C17H25N3O/c1-12(17(21)19-18)14-7-5-13(6-8-14)9-20-10-15-3-2-4-16(15)11-20/h5-8,12,15-16H,2-4,9-11,18H2,1H3,(H,19,21). The van der Waals surface area contributed by atoms with Crippen molar-refractivity contribution in [2.24, 2.45) is 17.7 Å². The van der Waals surface area contributed by atoms with E-state index in [1.807, 2.05) is 19.1 Å². The van der Waals surface area contributed by atoms with Gasteiger partial charge in [0.25, 0.3) is 0 Å². The topological polar surface area (TPSA) is 58.4 Å². The third-order valence-corrected chi connectivity index (χ3v) is 5.22. The highest BCUT2D eigenvalue weighted by atomic mass is 16.2. The van der Waals surface area contributed by atoms with E-state index in [0.717, 1.165) is 23.9 Å². The molecule has 4 heteroatoms. The zero-order valence-corrected chi connectivity index (χ0v) is 12.7. The fraction of sp³-hybridized carbons (Fsp3) is 0.588. The molecular formula is C17H25N3O. The van der Waals surface area contributed by atoms with Gasteiger partial charge in [-0.1, -0.05) is 30.7 Å². The Morgan fingerprint density at radius 2 is 1.90 bits per heavy atom. The molecule has 1 heterocycles. The van der Waals surface area contributed by atoms with Crippen molar-refractivity contribution in [3.63, 3.8) is 0 Å². The maximum absolute atomic E-state index is 11.5. The zero-order chi connectivity index (χ0) is 14.8. The summed E-state index contributed by atoms with van der Waals surface area (Å²) < 4.78 is 0. The maximum Gasteiger partial charge on any atom is 0.241 e. The quantitative estimate of drug-likeness (QED) is 0.506. The number of hydrogen-bond donors (Lipinski definition) is 2. The molecule has 3 atom stereocenters. The van der Waals surface area contributed by atoms with Crippen molar-refractivity contribution < 1.29 is 4.79 Å². The summed E-state index contributed by atoms with van der Waals surface area (Å²) in [4.78, 5) is 14.1. The van der Waals surface area contributed by atoms with Crippen molar-refractivity contribution in [1.82, 2.24) is 10.3 Å². The Bertz CT molecular complexity index is 487. The van der Waals surface area contributed by atoms with Gasteiger partial charge in [0.2, 0.25) is 5.91 Å². The lowest BCUT2D eigenvalue weighted by atomic mass is 9.99. The van der Waals surface area contributed by atoms with Crippen LogP contribution in [0.25, 0.3) is 0 Å². The Morgan fingerprint density at radius 3 is 2.48 bits per heavy atom. The second-order valence-electron chi connectivity index (χ2n) is 6.62. The molecule has 3 unspecified atom stereocenters. The number of amides is 1. The van der Waals surface area contributed by atoms with Crippen LogP contribution in [-0.4, -0.2) is 23.9 Å². The summed E-state index contributed by atoms with van der Waals surface area (Å²) in [5.74, 6) is 6.73. The number of nitrogens with two attached hydrogens (primary N) is 1. The van der Waals surface area contributed by atoms with Crippen LogP contribution in [0.3, 0.4) is 0 Å². The average molecular weight is 287 g/mol. The van der Waals surface area contributed by atoms with E-state index in [9.17, 15) is 4.79 Å². The average Bonchev–Trinajstić information content (AvgIpc) is 3.07. The number of carbonyl (C=O) groups is 1. The second-order valence-corrected chi connectivity index (χ2v) is 6.62. The molecule has 4 nitrogen and oxygen atoms in total. The van der Waals surface area contributed by atoms with E-state index >= 15 is 0 Å². The molecule has 21 heavy (non-hydrogen) atoms. The Kier molecular flexibility index (Phi) is 4.27. The molecule has 0 aromatic heterocycles. The molecule has 1 aliphatic heterocycles. The van der Waals surface area contributed by atoms with Crippen LogP contribution in [0.4, 0.5) is 0 Å². The first kappa shape index (κ1) is 14.5. The molecule has 1 aromatic rings. The van der Waals surface area contributed by atoms with E-state index in [0.29, 0.717) is 0 Å². The summed E-state index contributed by atoms with van der Waals surface area (Å²) in [7, 11) is 0. The van der Waals surface area contributed by atoms with Crippen molar-refractivity contribution in [2.45, 2.75) is 38.6 Å². The first-order chi connectivity index (χ1) is 10.2. The van der Waals surface area contributed by atoms with E-state index in [1.54, 1.807) is 0 Å². The van der Waals surface area contributed by atoms with Crippen LogP contribution in [-0.2, 0) is 11.3 Å². The minimum atomic E-state index is -0.199. The number of nitrogens with one attached hydrogen (secondary N) is 1. The highest BCUT2D eigenvalue weighted by Crippen LogP contribution is 2.38. The minimum absolute atomic E-state index is 0.143. The third kappa shape index (κ3) is 3.11. The molecule has 0 spiro atoms. The highest BCUT2D eigenvalue weighted by Gasteiger charge is 2.35. The largest absolute Gasteiger partial charge is 0.299 e. The fourth-order valence-corrected chi connectivity index (χ4v) is 3.91. The zero-order valence-electron chi connectivity index (χ0n) is 12.7. The predicted molar refractivity (Wildman–Crippen MR) is 83.3 cm³/mol. The van der Waals surface area contributed by atoms with Crippen molar-refractivity contribution in [2.75, 3.05) is 13.1 Å². The van der Waals surface area contributed by atoms with Crippen LogP contribution in [0.5, 0.6) is 0 Å². The first-order valence-electron chi connectivity index (χ1n) is 7.99. The van der Waals surface area contributed by atoms with Crippen LogP contribution in [0.1, 0.15) is 43.2 Å². The van der Waals surface area contributed by atoms with Gasteiger partial charge in [-0.05, 0) is 42.7 Å². The molecule has 2 aliphatic rings. The van der Waals surface area contributed by atoms with Gasteiger partial charge < -0.3 is 0 Å². The first-order valence-corrected chi connectivity index (χ1v) is 7.99. The molecule has 1 amide bonds. The lowest BCUT2D eigenvalue weighted by Crippen LogP contribution is -2.33. The van der Waals surface area contributed by atoms with Gasteiger partial charge in [-0.3, -0.25) is 15.1 Å². The van der Waals surface area contributed by atoms with Crippen LogP contribution in [0.15, 0.2) is 24.3 Å². The number of hydrogen-bond acceptors (Lipinski definition) is 3. The van der Waals surface area contributed by atoms with Gasteiger partial charge in [0.1, 0.15) is 0 Å². The lowest BCUT2D eigenvalue weighted by molar-refractivity contribution is -0.122. The van der Waals surface area contributed by atoms with Gasteiger partial charge in [-0.2, -0.15) is 0 Å². The van der Waals surface area contributed by atoms with Gasteiger partial charge >= 0.3 is 0 Å². The number of carbonyl (C=O) groups excluding carboxylic acids is 1. The number of rotatable bonds is 4. The Hall–Kier alpha value is -1.39. The highest BCUT2D eigenvalue weighted by molar-refractivity contribution is 5.82. The van der Waals surface area contributed by atoms with Crippen molar-refractivity contribution in [1.29, 1.82) is 0 Å². The summed E-state index contributed by atoms with van der Waals surface area (Å²) in [6.45, 7) is 5.43. The minimum Gasteiger partial charge on any atom is -0.299 e. The van der Waals surface area contributed by atoms with Gasteiger partial charge in [0.15, 0.2) is 0 Å². The fourth-order valence-electron chi connectivity index (χ4n) is 3.91. The van der Waals surface area contributed by atoms with Gasteiger partial charge in [-0.25, -0.2) is 5.84 Å². The van der Waals surface area contributed by atoms with E-state index < -0.39 is 0 Å². The lowest BCUT2D eigenvalue weighted by Gasteiger charge is -2.17. The number of benzene rings is 1. The summed E-state index contributed by atoms with van der Waals surface area (Å²) in [5, 5.41) is 0. The van der Waals surface area contributed by atoms with E-state index in [1.165, 1.54) is 37.9 Å². The number of hydrazine groups is 1. The van der Waals surface area contributed by atoms with Crippen molar-refractivity contribution in [3.05, 3.63) is 35.4 Å². The number of likely N-dealkylation sites (tertiary alicyclic amines) is 1. The molecule has 3 N–H and O–H groups in total. The Balaban J connectivity index is 1.59. The SMILES string of the molecule is CC(C(=O)NN)c1ccc(CN2CC3CCCC3C2)cc1. The van der Waals surface area contributed by atoms with Crippen LogP contribution in [0, 0.1) is 11.8 Å². The number of fused-ring (bicyclic) bond motifs is 1. The molecule has 2 fully saturated rings. The van der Waals surface area contributed by atoms with Crippen LogP contribution >= 0.6 is 0 Å². The molecular weight excluding hydrogens is 262 g/mol. The molecule has 3 rings (SSSR count). The molecule has 114 valence electrons. The Labute approximate surface area is 126 Å². The molecule has 1 aliphatic carbocycles. The summed E-state index contributed by atoms with van der Waals surface area (Å²) in [6.07, 6.45) is 4.27. The smallest absolute Gasteiger partial charge is 0.241 e. The van der Waals surface area contributed by atoms with Gasteiger partial charge in [-0.15, -0.1) is 0 Å². The van der Waals surface area contributed by atoms with Crippen LogP contribution < -0.4 is 11.3 Å². The maximum atomic E-state index is 11.5. The van der Waals surface area contributed by atoms with Crippen molar-refractivity contribution >= 4 is 5.91 Å². The summed E-state index contributed by atoms with van der Waals surface area (Å²) >= 11 is 0. The van der Waals surface area contributed by atoms with Crippen LogP contribution in [0.2, 0.25) is 0 Å². The normalized spacial score (nSPS) is 26.6. The van der Waals surface area contributed by atoms with Crippen molar-refractivity contribution in [3.8, 4) is 0 Å². The third-order valence-electron chi connectivity index (χ3n) is 5.22. The monoisotopic (exact) mass is 287 g/mol. The molecule has 1 aromatic carbocycles. The van der Waals surface area contributed by atoms with E-state index in [-0.39, 0.29) is 11.8 Å². The molecule has 0 bridgehead atoms. The Morgan fingerprint density at radius 1 is 1.29 bits per heavy atom. The molecule has 0 radical (unpaired) electrons. The summed E-state index contributed by atoms with van der Waals surface area (Å²) in [5.41, 5.74) is 4.56. The summed E-state index contributed by atoms with van der Waals surface area (Å²) in [6, 6.07) is 8.38. The molecule has 1 saturated carbocycles. The number of nitrogens with zero attached hydrogens (tertiary/aromatic N) is 1. The van der Waals surface area contributed by atoms with Gasteiger partial charge in [0, 0.05) is 19.6 Å². The second kappa shape index (κ2) is 6.16. The van der Waals surface area contributed by atoms with Gasteiger partial charge in [0.05, 0.1) is 5.92 Å².